The minimum absolute atomic E-state index is 0.0887. The van der Waals surface area contributed by atoms with Crippen molar-refractivity contribution in [3.05, 3.63) is 66.2 Å². The molecule has 0 bridgehead atoms. The molecule has 1 heterocycles. The molecular formula is C25H32N2O4. The number of benzene rings is 2. The van der Waals surface area contributed by atoms with Crippen LogP contribution in [0.15, 0.2) is 55.1 Å². The highest BCUT2D eigenvalue weighted by Crippen LogP contribution is 2.28. The van der Waals surface area contributed by atoms with Crippen LogP contribution in [0.1, 0.15) is 28.8 Å². The molecule has 2 aromatic carbocycles. The summed E-state index contributed by atoms with van der Waals surface area (Å²) < 4.78 is 16.1. The van der Waals surface area contributed by atoms with Crippen LogP contribution in [0, 0.1) is 5.92 Å². The molecule has 0 saturated carbocycles. The van der Waals surface area contributed by atoms with Gasteiger partial charge in [0.25, 0.3) is 5.91 Å². The summed E-state index contributed by atoms with van der Waals surface area (Å²) in [7, 11) is 3.25. The Labute approximate surface area is 184 Å². The summed E-state index contributed by atoms with van der Waals surface area (Å²) in [6, 6.07) is 13.5. The normalized spacial score (nSPS) is 14.6. The average Bonchev–Trinajstić information content (AvgIpc) is 2.82. The van der Waals surface area contributed by atoms with Crippen LogP contribution in [-0.4, -0.2) is 51.3 Å². The zero-order chi connectivity index (χ0) is 22.1. The molecule has 1 N–H and O–H groups in total. The molecule has 2 aromatic rings. The van der Waals surface area contributed by atoms with Crippen molar-refractivity contribution in [3.8, 4) is 17.2 Å². The number of ether oxygens (including phenoxy) is 3. The Kier molecular flexibility index (Phi) is 8.35. The third-order valence-corrected chi connectivity index (χ3v) is 5.61. The SMILES string of the molecule is C=CCOc1ccc(C(=O)NCC2CCN(Cc3ccc(OC)cc3)CC2)cc1OC. The van der Waals surface area contributed by atoms with Gasteiger partial charge < -0.3 is 19.5 Å². The predicted molar refractivity (Wildman–Crippen MR) is 122 cm³/mol. The number of nitrogens with zero attached hydrogens (tertiary/aromatic N) is 1. The van der Waals surface area contributed by atoms with E-state index in [1.54, 1.807) is 38.5 Å². The number of amides is 1. The lowest BCUT2D eigenvalue weighted by Gasteiger charge is -2.32. The van der Waals surface area contributed by atoms with Gasteiger partial charge >= 0.3 is 0 Å². The topological polar surface area (TPSA) is 60.0 Å². The first kappa shape index (κ1) is 22.7. The van der Waals surface area contributed by atoms with E-state index in [0.29, 0.717) is 36.1 Å². The summed E-state index contributed by atoms with van der Waals surface area (Å²) in [6.07, 6.45) is 3.82. The van der Waals surface area contributed by atoms with Crippen LogP contribution in [-0.2, 0) is 6.54 Å². The van der Waals surface area contributed by atoms with Gasteiger partial charge in [0.05, 0.1) is 14.2 Å². The van der Waals surface area contributed by atoms with Gasteiger partial charge in [-0.25, -0.2) is 0 Å². The van der Waals surface area contributed by atoms with Crippen molar-refractivity contribution < 1.29 is 19.0 Å². The lowest BCUT2D eigenvalue weighted by molar-refractivity contribution is 0.0935. The van der Waals surface area contributed by atoms with E-state index in [0.717, 1.165) is 38.2 Å². The van der Waals surface area contributed by atoms with Crippen molar-refractivity contribution in [2.45, 2.75) is 19.4 Å². The number of nitrogens with one attached hydrogen (secondary N) is 1. The zero-order valence-corrected chi connectivity index (χ0v) is 18.4. The van der Waals surface area contributed by atoms with E-state index in [-0.39, 0.29) is 5.91 Å². The second-order valence-corrected chi connectivity index (χ2v) is 7.74. The minimum atomic E-state index is -0.0887. The molecule has 1 aliphatic heterocycles. The quantitative estimate of drug-likeness (QED) is 0.586. The highest BCUT2D eigenvalue weighted by Gasteiger charge is 2.20. The highest BCUT2D eigenvalue weighted by atomic mass is 16.5. The Bertz CT molecular complexity index is 858. The highest BCUT2D eigenvalue weighted by molar-refractivity contribution is 5.94. The molecule has 31 heavy (non-hydrogen) atoms. The summed E-state index contributed by atoms with van der Waals surface area (Å²) in [4.78, 5) is 15.1. The van der Waals surface area contributed by atoms with Gasteiger partial charge in [0.2, 0.25) is 0 Å². The summed E-state index contributed by atoms with van der Waals surface area (Å²) in [5.41, 5.74) is 1.86. The van der Waals surface area contributed by atoms with E-state index in [4.69, 9.17) is 14.2 Å². The second-order valence-electron chi connectivity index (χ2n) is 7.74. The van der Waals surface area contributed by atoms with E-state index in [1.807, 2.05) is 12.1 Å². The molecule has 6 nitrogen and oxygen atoms in total. The van der Waals surface area contributed by atoms with Crippen LogP contribution < -0.4 is 19.5 Å². The Morgan fingerprint density at radius 1 is 1.10 bits per heavy atom. The minimum Gasteiger partial charge on any atom is -0.497 e. The summed E-state index contributed by atoms with van der Waals surface area (Å²) in [5.74, 6) is 2.43. The van der Waals surface area contributed by atoms with E-state index >= 15 is 0 Å². The number of likely N-dealkylation sites (tertiary alicyclic amines) is 1. The number of methoxy groups -OCH3 is 2. The number of hydrogen-bond donors (Lipinski definition) is 1. The van der Waals surface area contributed by atoms with Crippen molar-refractivity contribution in [3.63, 3.8) is 0 Å². The standard InChI is InChI=1S/C25H32N2O4/c1-4-15-31-23-10-7-21(16-24(23)30-3)25(28)26-17-19-11-13-27(14-12-19)18-20-5-8-22(29-2)9-6-20/h4-10,16,19H,1,11-15,17-18H2,2-3H3,(H,26,28). The van der Waals surface area contributed by atoms with Gasteiger partial charge in [0.15, 0.2) is 11.5 Å². The van der Waals surface area contributed by atoms with Crippen molar-refractivity contribution in [2.24, 2.45) is 5.92 Å². The van der Waals surface area contributed by atoms with Crippen LogP contribution >= 0.6 is 0 Å². The first-order valence-electron chi connectivity index (χ1n) is 10.7. The molecule has 3 rings (SSSR count). The summed E-state index contributed by atoms with van der Waals surface area (Å²) >= 11 is 0. The molecule has 1 amide bonds. The number of piperidine rings is 1. The maximum Gasteiger partial charge on any atom is 0.251 e. The molecular weight excluding hydrogens is 392 g/mol. The average molecular weight is 425 g/mol. The van der Waals surface area contributed by atoms with Gasteiger partial charge in [-0.1, -0.05) is 24.8 Å². The first-order chi connectivity index (χ1) is 15.1. The fourth-order valence-corrected chi connectivity index (χ4v) is 3.75. The van der Waals surface area contributed by atoms with Crippen molar-refractivity contribution in [1.29, 1.82) is 0 Å². The van der Waals surface area contributed by atoms with E-state index < -0.39 is 0 Å². The van der Waals surface area contributed by atoms with Crippen molar-refractivity contribution in [2.75, 3.05) is 40.5 Å². The summed E-state index contributed by atoms with van der Waals surface area (Å²) in [5, 5.41) is 3.08. The lowest BCUT2D eigenvalue weighted by atomic mass is 9.96. The first-order valence-corrected chi connectivity index (χ1v) is 10.7. The van der Waals surface area contributed by atoms with Crippen LogP contribution in [0.5, 0.6) is 17.2 Å². The van der Waals surface area contributed by atoms with Crippen LogP contribution in [0.4, 0.5) is 0 Å². The van der Waals surface area contributed by atoms with Gasteiger partial charge in [0, 0.05) is 18.7 Å². The fraction of sp³-hybridized carbons (Fsp3) is 0.400. The molecule has 0 unspecified atom stereocenters. The second kappa shape index (κ2) is 11.4. The van der Waals surface area contributed by atoms with E-state index in [2.05, 4.69) is 28.9 Å². The van der Waals surface area contributed by atoms with Gasteiger partial charge in [0.1, 0.15) is 12.4 Å². The largest absolute Gasteiger partial charge is 0.497 e. The molecule has 166 valence electrons. The zero-order valence-electron chi connectivity index (χ0n) is 18.4. The molecule has 0 spiro atoms. The number of carbonyl (C=O) groups excluding carboxylic acids is 1. The smallest absolute Gasteiger partial charge is 0.251 e. The van der Waals surface area contributed by atoms with Crippen LogP contribution in [0.25, 0.3) is 0 Å². The molecule has 0 aliphatic carbocycles. The maximum absolute atomic E-state index is 12.6. The molecule has 0 radical (unpaired) electrons. The fourth-order valence-electron chi connectivity index (χ4n) is 3.75. The molecule has 6 heteroatoms. The maximum atomic E-state index is 12.6. The number of rotatable bonds is 10. The Morgan fingerprint density at radius 2 is 1.84 bits per heavy atom. The van der Waals surface area contributed by atoms with Crippen molar-refractivity contribution >= 4 is 5.91 Å². The van der Waals surface area contributed by atoms with Gasteiger partial charge in [-0.3, -0.25) is 9.69 Å². The van der Waals surface area contributed by atoms with Crippen LogP contribution in [0.3, 0.4) is 0 Å². The Hall–Kier alpha value is -2.99. The monoisotopic (exact) mass is 424 g/mol. The molecule has 1 aliphatic rings. The third-order valence-electron chi connectivity index (χ3n) is 5.61. The Morgan fingerprint density at radius 3 is 2.48 bits per heavy atom. The van der Waals surface area contributed by atoms with Gasteiger partial charge in [-0.15, -0.1) is 0 Å². The van der Waals surface area contributed by atoms with Gasteiger partial charge in [-0.05, 0) is 67.7 Å². The molecule has 1 fully saturated rings. The number of carbonyl (C=O) groups is 1. The Balaban J connectivity index is 1.44. The van der Waals surface area contributed by atoms with Crippen LogP contribution in [0.2, 0.25) is 0 Å². The molecule has 0 atom stereocenters. The molecule has 1 saturated heterocycles. The van der Waals surface area contributed by atoms with E-state index in [9.17, 15) is 4.79 Å². The predicted octanol–water partition coefficient (Wildman–Crippen LogP) is 3.91. The third kappa shape index (κ3) is 6.49. The van der Waals surface area contributed by atoms with Gasteiger partial charge in [-0.2, -0.15) is 0 Å². The van der Waals surface area contributed by atoms with Crippen molar-refractivity contribution in [1.82, 2.24) is 10.2 Å². The van der Waals surface area contributed by atoms with E-state index in [1.165, 1.54) is 5.56 Å². The summed E-state index contributed by atoms with van der Waals surface area (Å²) in [6.45, 7) is 7.74. The molecule has 0 aromatic heterocycles. The number of hydrogen-bond acceptors (Lipinski definition) is 5. The lowest BCUT2D eigenvalue weighted by Crippen LogP contribution is -2.38.